The highest BCUT2D eigenvalue weighted by molar-refractivity contribution is 7.21. The summed E-state index contributed by atoms with van der Waals surface area (Å²) in [6.07, 6.45) is 7.47. The summed E-state index contributed by atoms with van der Waals surface area (Å²) >= 11 is 3.15. The van der Waals surface area contributed by atoms with Gasteiger partial charge in [-0.25, -0.2) is 15.0 Å². The van der Waals surface area contributed by atoms with Crippen LogP contribution in [-0.4, -0.2) is 52.1 Å². The second-order valence-electron chi connectivity index (χ2n) is 10.0. The summed E-state index contributed by atoms with van der Waals surface area (Å²) in [6, 6.07) is 11.6. The molecule has 180 valence electrons. The Morgan fingerprint density at radius 2 is 1.83 bits per heavy atom. The van der Waals surface area contributed by atoms with Gasteiger partial charge in [0.25, 0.3) is 0 Å². The minimum Gasteiger partial charge on any atom is -0.382 e. The van der Waals surface area contributed by atoms with Gasteiger partial charge in [-0.05, 0) is 66.8 Å². The molecule has 1 aromatic carbocycles. The number of aromatic nitrogens is 3. The quantitative estimate of drug-likeness (QED) is 0.375. The van der Waals surface area contributed by atoms with E-state index in [1.807, 2.05) is 11.4 Å². The third-order valence-electron chi connectivity index (χ3n) is 8.08. The van der Waals surface area contributed by atoms with E-state index in [2.05, 4.69) is 54.3 Å². The van der Waals surface area contributed by atoms with Gasteiger partial charge < -0.3 is 16.0 Å². The van der Waals surface area contributed by atoms with Gasteiger partial charge in [0.15, 0.2) is 5.13 Å². The van der Waals surface area contributed by atoms with E-state index in [4.69, 9.17) is 5.73 Å². The van der Waals surface area contributed by atoms with Crippen LogP contribution in [0.25, 0.3) is 20.8 Å². The van der Waals surface area contributed by atoms with Crippen LogP contribution in [0.5, 0.6) is 0 Å². The zero-order chi connectivity index (χ0) is 23.4. The van der Waals surface area contributed by atoms with E-state index in [0.717, 1.165) is 62.6 Å². The second kappa shape index (κ2) is 8.72. The first-order chi connectivity index (χ1) is 17.2. The molecule has 3 unspecified atom stereocenters. The number of benzene rings is 1. The summed E-state index contributed by atoms with van der Waals surface area (Å²) in [6.45, 7) is 4.61. The Morgan fingerprint density at radius 3 is 2.60 bits per heavy atom. The van der Waals surface area contributed by atoms with Crippen LogP contribution in [0, 0.1) is 11.8 Å². The van der Waals surface area contributed by atoms with Crippen LogP contribution in [0.15, 0.2) is 42.0 Å². The number of rotatable bonds is 5. The van der Waals surface area contributed by atoms with E-state index in [1.54, 1.807) is 17.7 Å². The van der Waals surface area contributed by atoms with Crippen LogP contribution in [-0.2, 0) is 0 Å². The van der Waals surface area contributed by atoms with E-state index in [1.165, 1.54) is 55.8 Å². The van der Waals surface area contributed by atoms with Gasteiger partial charge in [-0.2, -0.15) is 0 Å². The van der Waals surface area contributed by atoms with Crippen molar-refractivity contribution in [3.05, 3.63) is 42.0 Å². The van der Waals surface area contributed by atoms with Crippen LogP contribution >= 0.6 is 22.7 Å². The van der Waals surface area contributed by atoms with Crippen LogP contribution in [0.2, 0.25) is 0 Å². The number of nitrogens with one attached hydrogen (secondary N) is 1. The molecule has 3 atom stereocenters. The van der Waals surface area contributed by atoms with Gasteiger partial charge in [0.05, 0.1) is 10.2 Å². The lowest BCUT2D eigenvalue weighted by molar-refractivity contribution is 0.135. The molecule has 2 aliphatic carbocycles. The molecule has 35 heavy (non-hydrogen) atoms. The van der Waals surface area contributed by atoms with E-state index in [0.29, 0.717) is 5.82 Å². The molecule has 3 aromatic heterocycles. The topological polar surface area (TPSA) is 83.2 Å². The fraction of sp³-hybridized carbons (Fsp3) is 0.423. The van der Waals surface area contributed by atoms with Crippen molar-refractivity contribution in [3.63, 3.8) is 0 Å². The fourth-order valence-electron chi connectivity index (χ4n) is 6.35. The highest BCUT2D eigenvalue weighted by Crippen LogP contribution is 2.47. The highest BCUT2D eigenvalue weighted by atomic mass is 32.1. The molecule has 9 heteroatoms. The maximum atomic E-state index is 6.28. The third-order valence-corrected chi connectivity index (χ3v) is 9.98. The molecule has 4 heterocycles. The van der Waals surface area contributed by atoms with Gasteiger partial charge in [-0.1, -0.05) is 17.8 Å². The Morgan fingerprint density at radius 1 is 0.971 bits per heavy atom. The summed E-state index contributed by atoms with van der Waals surface area (Å²) in [5, 5.41) is 6.23. The predicted molar refractivity (Wildman–Crippen MR) is 146 cm³/mol. The van der Waals surface area contributed by atoms with E-state index >= 15 is 0 Å². The number of nitrogens with zero attached hydrogens (tertiary/aromatic N) is 5. The third kappa shape index (κ3) is 3.95. The van der Waals surface area contributed by atoms with Crippen LogP contribution < -0.4 is 16.0 Å². The number of nitrogen functional groups attached to an aromatic ring is 1. The molecule has 3 N–H and O–H groups in total. The lowest BCUT2D eigenvalue weighted by Crippen LogP contribution is -2.51. The Labute approximate surface area is 213 Å². The standard InChI is InChI=1S/C26H29N7S2/c27-25-24(22-23-20(7-12-34-23)28-15-29-22)35-26(31-25)30-18-3-5-19(6-4-18)32-8-10-33(11-9-32)21-14-16-1-2-17(21)13-16/h3-7,12,15-17,21H,1-2,8-11,13-14,27H2,(H,30,31). The number of nitrogens with two attached hydrogens (primary N) is 1. The van der Waals surface area contributed by atoms with Gasteiger partial charge >= 0.3 is 0 Å². The summed E-state index contributed by atoms with van der Waals surface area (Å²) in [4.78, 5) is 19.6. The normalized spacial score (nSPS) is 24.5. The summed E-state index contributed by atoms with van der Waals surface area (Å²) in [7, 11) is 0. The molecular weight excluding hydrogens is 474 g/mol. The lowest BCUT2D eigenvalue weighted by atomic mass is 9.93. The SMILES string of the molecule is Nc1nc(Nc2ccc(N3CCN(C4CC5CCC4C5)CC3)cc2)sc1-c1ncnc2ccsc12. The number of piperazine rings is 1. The van der Waals surface area contributed by atoms with Crippen molar-refractivity contribution < 1.29 is 0 Å². The predicted octanol–water partition coefficient (Wildman–Crippen LogP) is 5.45. The van der Waals surface area contributed by atoms with Crippen LogP contribution in [0.4, 0.5) is 22.3 Å². The first kappa shape index (κ1) is 21.5. The fourth-order valence-corrected chi connectivity index (χ4v) is 8.17. The number of hydrogen-bond acceptors (Lipinski definition) is 9. The van der Waals surface area contributed by atoms with Gasteiger partial charge in [0, 0.05) is 43.6 Å². The molecule has 7 nitrogen and oxygen atoms in total. The number of thiazole rings is 1. The van der Waals surface area contributed by atoms with Crippen molar-refractivity contribution in [2.24, 2.45) is 11.8 Å². The Bertz CT molecular complexity index is 1340. The van der Waals surface area contributed by atoms with Crippen LogP contribution in [0.1, 0.15) is 25.7 Å². The van der Waals surface area contributed by atoms with Crippen molar-refractivity contribution in [2.75, 3.05) is 42.1 Å². The molecule has 1 aliphatic heterocycles. The van der Waals surface area contributed by atoms with E-state index in [9.17, 15) is 0 Å². The number of anilines is 4. The molecule has 4 aromatic rings. The lowest BCUT2D eigenvalue weighted by Gasteiger charge is -2.41. The maximum absolute atomic E-state index is 6.28. The molecule has 7 rings (SSSR count). The molecule has 3 fully saturated rings. The Balaban J connectivity index is 1.01. The minimum atomic E-state index is 0.496. The minimum absolute atomic E-state index is 0.496. The molecule has 2 bridgehead atoms. The van der Waals surface area contributed by atoms with Crippen LogP contribution in [0.3, 0.4) is 0 Å². The van der Waals surface area contributed by atoms with Gasteiger partial charge in [-0.15, -0.1) is 11.3 Å². The maximum Gasteiger partial charge on any atom is 0.189 e. The second-order valence-corrected chi connectivity index (χ2v) is 11.9. The van der Waals surface area contributed by atoms with Crippen molar-refractivity contribution in [2.45, 2.75) is 31.7 Å². The molecule has 2 saturated carbocycles. The number of fused-ring (bicyclic) bond motifs is 3. The molecule has 1 saturated heterocycles. The Hall–Kier alpha value is -2.75. The summed E-state index contributed by atoms with van der Waals surface area (Å²) in [5.41, 5.74) is 10.4. The molecular formula is C26H29N7S2. The van der Waals surface area contributed by atoms with Crippen molar-refractivity contribution in [1.29, 1.82) is 0 Å². The molecule has 3 aliphatic rings. The monoisotopic (exact) mass is 503 g/mol. The highest BCUT2D eigenvalue weighted by Gasteiger charge is 2.42. The van der Waals surface area contributed by atoms with Crippen molar-refractivity contribution in [3.8, 4) is 10.6 Å². The molecule has 0 spiro atoms. The summed E-state index contributed by atoms with van der Waals surface area (Å²) in [5.74, 6) is 2.49. The molecule has 0 amide bonds. The number of thiophene rings is 1. The molecule has 0 radical (unpaired) electrons. The summed E-state index contributed by atoms with van der Waals surface area (Å²) < 4.78 is 1.04. The van der Waals surface area contributed by atoms with Gasteiger partial charge in [-0.3, -0.25) is 4.90 Å². The first-order valence-corrected chi connectivity index (χ1v) is 14.2. The van der Waals surface area contributed by atoms with E-state index < -0.39 is 0 Å². The average molecular weight is 504 g/mol. The van der Waals surface area contributed by atoms with Crippen molar-refractivity contribution in [1.82, 2.24) is 19.9 Å². The Kier molecular flexibility index (Phi) is 5.37. The zero-order valence-corrected chi connectivity index (χ0v) is 21.2. The zero-order valence-electron chi connectivity index (χ0n) is 19.6. The first-order valence-electron chi connectivity index (χ1n) is 12.5. The average Bonchev–Trinajstić information content (AvgIpc) is 3.69. The van der Waals surface area contributed by atoms with Crippen molar-refractivity contribution >= 4 is 55.2 Å². The van der Waals surface area contributed by atoms with Gasteiger partial charge in [0.1, 0.15) is 22.7 Å². The largest absolute Gasteiger partial charge is 0.382 e. The van der Waals surface area contributed by atoms with Gasteiger partial charge in [0.2, 0.25) is 0 Å². The van der Waals surface area contributed by atoms with E-state index in [-0.39, 0.29) is 0 Å². The number of hydrogen-bond donors (Lipinski definition) is 2. The smallest absolute Gasteiger partial charge is 0.189 e.